The van der Waals surface area contributed by atoms with Crippen molar-refractivity contribution in [2.45, 2.75) is 13.1 Å². The van der Waals surface area contributed by atoms with Crippen molar-refractivity contribution in [3.63, 3.8) is 0 Å². The number of nitrogens with zero attached hydrogens (tertiary/aromatic N) is 8. The van der Waals surface area contributed by atoms with Gasteiger partial charge < -0.3 is 34.5 Å². The molecule has 1 aliphatic heterocycles. The van der Waals surface area contributed by atoms with Crippen LogP contribution in [0.5, 0.6) is 0 Å². The molecule has 180 valence electrons. The third-order valence-electron chi connectivity index (χ3n) is 4.49. The van der Waals surface area contributed by atoms with Crippen LogP contribution in [-0.4, -0.2) is 36.6 Å². The fourth-order valence-corrected chi connectivity index (χ4v) is 2.90. The second-order valence-electron chi connectivity index (χ2n) is 6.97. The van der Waals surface area contributed by atoms with Crippen molar-refractivity contribution in [1.82, 2.24) is 34.6 Å². The molecule has 12 heteroatoms. The quantitative estimate of drug-likeness (QED) is 0.314. The molecule has 0 bridgehead atoms. The molecule has 4 aromatic rings. The van der Waals surface area contributed by atoms with Crippen LogP contribution < -0.4 is 10.00 Å². The van der Waals surface area contributed by atoms with Crippen molar-refractivity contribution in [3.05, 3.63) is 91.8 Å². The fourth-order valence-electron chi connectivity index (χ4n) is 2.90. The monoisotopic (exact) mass is 646 g/mol. The number of para-hydroxylation sites is 1. The molecule has 0 unspecified atom stereocenters. The Hall–Kier alpha value is -3.46. The molecule has 1 aliphatic rings. The Morgan fingerprint density at radius 1 is 1.09 bits per heavy atom. The predicted molar refractivity (Wildman–Crippen MR) is 114 cm³/mol. The zero-order valence-corrected chi connectivity index (χ0v) is 20.2. The summed E-state index contributed by atoms with van der Waals surface area (Å²) in [6.07, 6.45) is 7.20. The first-order chi connectivity index (χ1) is 15.8. The van der Waals surface area contributed by atoms with E-state index in [-0.39, 0.29) is 26.8 Å². The van der Waals surface area contributed by atoms with Crippen molar-refractivity contribution in [1.29, 1.82) is 0 Å². The summed E-state index contributed by atoms with van der Waals surface area (Å²) in [6.45, 7) is 3.78. The number of halogens is 3. The van der Waals surface area contributed by atoms with Gasteiger partial charge in [0.2, 0.25) is 0 Å². The van der Waals surface area contributed by atoms with Gasteiger partial charge in [-0.15, -0.1) is 0 Å². The fraction of sp³-hybridized carbons (Fsp3) is 0.136. The van der Waals surface area contributed by atoms with E-state index in [0.29, 0.717) is 5.82 Å². The van der Waals surface area contributed by atoms with Crippen LogP contribution in [-0.2, 0) is 27.2 Å². The van der Waals surface area contributed by atoms with E-state index in [4.69, 9.17) is 0 Å². The van der Waals surface area contributed by atoms with E-state index in [1.54, 1.807) is 17.0 Å². The van der Waals surface area contributed by atoms with Crippen LogP contribution in [0.1, 0.15) is 11.5 Å². The average molecular weight is 647 g/mol. The third-order valence-corrected chi connectivity index (χ3v) is 4.49. The predicted octanol–water partition coefficient (Wildman–Crippen LogP) is 3.84. The molecule has 34 heavy (non-hydrogen) atoms. The molecule has 0 amide bonds. The van der Waals surface area contributed by atoms with Crippen LogP contribution >= 0.6 is 0 Å². The normalized spacial score (nSPS) is 12.9. The average Bonchev–Trinajstić information content (AvgIpc) is 3.55. The van der Waals surface area contributed by atoms with Gasteiger partial charge in [0.1, 0.15) is 11.5 Å². The number of hydrogen-bond donors (Lipinski definition) is 0. The number of rotatable bonds is 3. The largest absolute Gasteiger partial charge is 0.572 e. The number of aromatic nitrogens is 6. The number of benzene rings is 1. The maximum Gasteiger partial charge on any atom is 0.431 e. The summed E-state index contributed by atoms with van der Waals surface area (Å²) in [5.41, 5.74) is 0.712. The minimum absolute atomic E-state index is 0. The zero-order chi connectivity index (χ0) is 23.4. The molecule has 0 saturated heterocycles. The van der Waals surface area contributed by atoms with Crippen LogP contribution in [0.25, 0.3) is 17.2 Å². The van der Waals surface area contributed by atoms with Crippen molar-refractivity contribution < 1.29 is 34.2 Å². The first-order valence-electron chi connectivity index (χ1n) is 9.73. The Balaban J connectivity index is 0.000000201. The molecule has 8 nitrogen and oxygen atoms in total. The summed E-state index contributed by atoms with van der Waals surface area (Å²) in [6, 6.07) is 10.1. The van der Waals surface area contributed by atoms with Crippen LogP contribution in [0.3, 0.4) is 0 Å². The minimum atomic E-state index is -4.50. The third kappa shape index (κ3) is 5.91. The minimum Gasteiger partial charge on any atom is -0.572 e. The Morgan fingerprint density at radius 2 is 1.85 bits per heavy atom. The van der Waals surface area contributed by atoms with Crippen LogP contribution in [0.15, 0.2) is 67.4 Å². The first kappa shape index (κ1) is 25.2. The molecular weight excluding hydrogens is 628 g/mol. The molecule has 3 aromatic heterocycles. The van der Waals surface area contributed by atoms with E-state index in [2.05, 4.69) is 31.3 Å². The van der Waals surface area contributed by atoms with Crippen LogP contribution in [0.2, 0.25) is 0 Å². The number of alkyl halides is 3. The summed E-state index contributed by atoms with van der Waals surface area (Å²) in [5, 5.41) is 6.71. The van der Waals surface area contributed by atoms with Crippen molar-refractivity contribution in [2.24, 2.45) is 0 Å². The van der Waals surface area contributed by atoms with E-state index in [9.17, 15) is 13.2 Å². The van der Waals surface area contributed by atoms with Crippen molar-refractivity contribution in [3.8, 4) is 17.2 Å². The van der Waals surface area contributed by atoms with Gasteiger partial charge in [-0.25, -0.2) is 4.98 Å². The summed E-state index contributed by atoms with van der Waals surface area (Å²) in [5.74, 6) is 1.06. The topological polar surface area (TPSA) is 77.1 Å². The van der Waals surface area contributed by atoms with Gasteiger partial charge in [0, 0.05) is 45.0 Å². The summed E-state index contributed by atoms with van der Waals surface area (Å²) in [7, 11) is 1.96. The number of aryl methyl sites for hydroxylation is 1. The van der Waals surface area contributed by atoms with E-state index in [1.165, 1.54) is 6.20 Å². The molecular formula is C22H18F3N8Pt-3. The molecule has 0 saturated carbocycles. The Bertz CT molecular complexity index is 1220. The Morgan fingerprint density at radius 3 is 2.44 bits per heavy atom. The molecule has 1 aromatic carbocycles. The molecule has 4 heterocycles. The summed E-state index contributed by atoms with van der Waals surface area (Å²) >= 11 is 0. The molecule has 0 radical (unpaired) electrons. The van der Waals surface area contributed by atoms with E-state index in [1.807, 2.05) is 73.2 Å². The number of hydrogen-bond acceptors (Lipinski definition) is 6. The number of anilines is 1. The van der Waals surface area contributed by atoms with Crippen molar-refractivity contribution in [2.75, 3.05) is 11.9 Å². The van der Waals surface area contributed by atoms with E-state index >= 15 is 0 Å². The Kier molecular flexibility index (Phi) is 7.88. The van der Waals surface area contributed by atoms with Crippen LogP contribution in [0.4, 0.5) is 18.9 Å². The van der Waals surface area contributed by atoms with Gasteiger partial charge >= 0.3 is 6.18 Å². The van der Waals surface area contributed by atoms with Gasteiger partial charge in [-0.2, -0.15) is 19.8 Å². The summed E-state index contributed by atoms with van der Waals surface area (Å²) in [4.78, 5) is 16.0. The second kappa shape index (κ2) is 10.6. The van der Waals surface area contributed by atoms with Gasteiger partial charge in [0.05, 0.1) is 0 Å². The standard InChI is InChI=1S/C13H8F3N4.C9H10N4.Pt/c14-13(15,16)11-8-10(18-19-11)12-17-6-7-20(12)9-4-2-1-3-5-9;1-8-10-5-9(6-11-8)13-4-3-12(2)7-13;/h1-8H;3-5,7H,1-2H3;/q-1;-2;. The maximum atomic E-state index is 12.5. The van der Waals surface area contributed by atoms with Gasteiger partial charge in [-0.05, 0) is 37.6 Å². The van der Waals surface area contributed by atoms with E-state index < -0.39 is 11.9 Å². The second-order valence-corrected chi connectivity index (χ2v) is 6.97. The molecule has 0 spiro atoms. The molecule has 0 aliphatic carbocycles. The summed E-state index contributed by atoms with van der Waals surface area (Å²) < 4.78 is 39.3. The molecule has 5 rings (SSSR count). The zero-order valence-electron chi connectivity index (χ0n) is 18.0. The van der Waals surface area contributed by atoms with Gasteiger partial charge in [-0.1, -0.05) is 48.9 Å². The first-order valence-corrected chi connectivity index (χ1v) is 9.73. The smallest absolute Gasteiger partial charge is 0.431 e. The molecule has 0 atom stereocenters. The SMILES string of the molecule is Cc1n[c-]c(N2C=CN(C)[CH-]2)cn1.FC(F)(F)c1cc(-c2nccn2-c2ccccc2)[n-]n1.[Pt]. The van der Waals surface area contributed by atoms with Gasteiger partial charge in [0.15, 0.2) is 0 Å². The molecule has 0 N–H and O–H groups in total. The molecule has 0 fully saturated rings. The maximum absolute atomic E-state index is 12.5. The van der Waals surface area contributed by atoms with Gasteiger partial charge in [0.25, 0.3) is 0 Å². The Labute approximate surface area is 208 Å². The van der Waals surface area contributed by atoms with E-state index in [0.717, 1.165) is 23.3 Å². The van der Waals surface area contributed by atoms with Gasteiger partial charge in [-0.3, -0.25) is 0 Å². The number of imidazole rings is 1. The van der Waals surface area contributed by atoms with Crippen LogP contribution in [0, 0.1) is 19.8 Å². The van der Waals surface area contributed by atoms with Crippen molar-refractivity contribution >= 4 is 5.69 Å².